The van der Waals surface area contributed by atoms with Crippen LogP contribution >= 0.6 is 0 Å². The summed E-state index contributed by atoms with van der Waals surface area (Å²) in [4.78, 5) is 16.7. The number of benzene rings is 2. The van der Waals surface area contributed by atoms with Crippen LogP contribution in [-0.2, 0) is 21.4 Å². The van der Waals surface area contributed by atoms with Crippen molar-refractivity contribution in [1.82, 2.24) is 14.1 Å². The van der Waals surface area contributed by atoms with Gasteiger partial charge in [-0.2, -0.15) is 4.31 Å². The Morgan fingerprint density at radius 2 is 1.71 bits per heavy atom. The van der Waals surface area contributed by atoms with E-state index in [1.807, 2.05) is 36.1 Å². The maximum absolute atomic E-state index is 13.1. The zero-order valence-electron chi connectivity index (χ0n) is 19.3. The molecule has 34 heavy (non-hydrogen) atoms. The number of ether oxygens (including phenoxy) is 2. The Morgan fingerprint density at radius 3 is 2.38 bits per heavy atom. The van der Waals surface area contributed by atoms with Crippen LogP contribution in [0.3, 0.4) is 0 Å². The third kappa shape index (κ3) is 5.53. The largest absolute Gasteiger partial charge is 0.486 e. The molecular formula is C25H29N3O5S. The lowest BCUT2D eigenvalue weighted by Crippen LogP contribution is -2.52. The topological polar surface area (TPSA) is 79.4 Å². The van der Waals surface area contributed by atoms with E-state index in [1.54, 1.807) is 11.0 Å². The van der Waals surface area contributed by atoms with Gasteiger partial charge in [0.25, 0.3) is 0 Å². The number of carbonyl (C=O) groups is 1. The van der Waals surface area contributed by atoms with Crippen LogP contribution in [0.1, 0.15) is 11.1 Å². The van der Waals surface area contributed by atoms with Gasteiger partial charge in [-0.15, -0.1) is 6.42 Å². The molecule has 1 fully saturated rings. The second kappa shape index (κ2) is 10.5. The molecule has 0 aromatic heterocycles. The SMILES string of the molecule is C#CCN(CC(=O)N1CCN(S(=O)(=O)c2ccc3c(c2)OCCO3)CC1)Cc1ccc(C)cc1. The molecule has 0 saturated carbocycles. The Kier molecular flexibility index (Phi) is 7.41. The normalized spacial score (nSPS) is 16.3. The van der Waals surface area contributed by atoms with Crippen molar-refractivity contribution < 1.29 is 22.7 Å². The van der Waals surface area contributed by atoms with Gasteiger partial charge in [0.15, 0.2) is 11.5 Å². The summed E-state index contributed by atoms with van der Waals surface area (Å²) in [6.07, 6.45) is 5.52. The van der Waals surface area contributed by atoms with E-state index < -0.39 is 10.0 Å². The standard InChI is InChI=1S/C25H29N3O5S/c1-3-10-26(18-21-6-4-20(2)5-7-21)19-25(29)27-11-13-28(14-12-27)34(30,31)22-8-9-23-24(17-22)33-16-15-32-23/h1,4-9,17H,10-16,18-19H2,2H3. The fourth-order valence-corrected chi connectivity index (χ4v) is 5.49. The lowest BCUT2D eigenvalue weighted by atomic mass is 10.1. The van der Waals surface area contributed by atoms with Crippen LogP contribution in [0.2, 0.25) is 0 Å². The van der Waals surface area contributed by atoms with Crippen molar-refractivity contribution in [2.24, 2.45) is 0 Å². The molecular weight excluding hydrogens is 454 g/mol. The first-order chi connectivity index (χ1) is 16.4. The molecule has 0 bridgehead atoms. The Balaban J connectivity index is 1.35. The van der Waals surface area contributed by atoms with E-state index in [-0.39, 0.29) is 30.4 Å². The van der Waals surface area contributed by atoms with Gasteiger partial charge in [-0.1, -0.05) is 35.7 Å². The molecule has 0 radical (unpaired) electrons. The highest BCUT2D eigenvalue weighted by Gasteiger charge is 2.31. The van der Waals surface area contributed by atoms with Gasteiger partial charge in [-0.3, -0.25) is 9.69 Å². The third-order valence-electron chi connectivity index (χ3n) is 5.94. The molecule has 2 aromatic rings. The molecule has 0 atom stereocenters. The van der Waals surface area contributed by atoms with Gasteiger partial charge in [0.2, 0.25) is 15.9 Å². The van der Waals surface area contributed by atoms with Crippen molar-refractivity contribution in [2.75, 3.05) is 52.5 Å². The van der Waals surface area contributed by atoms with Crippen molar-refractivity contribution in [1.29, 1.82) is 0 Å². The van der Waals surface area contributed by atoms with Crippen molar-refractivity contribution in [3.8, 4) is 23.8 Å². The number of hydrogen-bond donors (Lipinski definition) is 0. The Labute approximate surface area is 201 Å². The number of piperazine rings is 1. The Morgan fingerprint density at radius 1 is 1.03 bits per heavy atom. The minimum absolute atomic E-state index is 0.0567. The molecule has 0 spiro atoms. The first-order valence-corrected chi connectivity index (χ1v) is 12.7. The van der Waals surface area contributed by atoms with E-state index >= 15 is 0 Å². The molecule has 2 heterocycles. The Hall–Kier alpha value is -3.06. The molecule has 2 aliphatic rings. The van der Waals surface area contributed by atoms with Crippen LogP contribution in [-0.4, -0.2) is 80.9 Å². The highest BCUT2D eigenvalue weighted by Crippen LogP contribution is 2.33. The highest BCUT2D eigenvalue weighted by molar-refractivity contribution is 7.89. The average Bonchev–Trinajstić information content (AvgIpc) is 2.85. The van der Waals surface area contributed by atoms with Gasteiger partial charge in [-0.25, -0.2) is 8.42 Å². The molecule has 0 unspecified atom stereocenters. The van der Waals surface area contributed by atoms with Crippen molar-refractivity contribution >= 4 is 15.9 Å². The summed E-state index contributed by atoms with van der Waals surface area (Å²) in [6, 6.07) is 12.8. The van der Waals surface area contributed by atoms with Gasteiger partial charge in [0.05, 0.1) is 18.0 Å². The van der Waals surface area contributed by atoms with Crippen LogP contribution < -0.4 is 9.47 Å². The summed E-state index contributed by atoms with van der Waals surface area (Å²) >= 11 is 0. The predicted molar refractivity (Wildman–Crippen MR) is 128 cm³/mol. The zero-order valence-corrected chi connectivity index (χ0v) is 20.1. The van der Waals surface area contributed by atoms with Crippen molar-refractivity contribution in [2.45, 2.75) is 18.4 Å². The van der Waals surface area contributed by atoms with Crippen LogP contribution in [0.5, 0.6) is 11.5 Å². The van der Waals surface area contributed by atoms with Gasteiger partial charge < -0.3 is 14.4 Å². The molecule has 1 saturated heterocycles. The average molecular weight is 484 g/mol. The van der Waals surface area contributed by atoms with E-state index in [4.69, 9.17) is 15.9 Å². The van der Waals surface area contributed by atoms with Crippen molar-refractivity contribution in [3.63, 3.8) is 0 Å². The molecule has 180 valence electrons. The molecule has 0 aliphatic carbocycles. The van der Waals surface area contributed by atoms with Crippen LogP contribution in [0, 0.1) is 19.3 Å². The first kappa shape index (κ1) is 24.1. The number of rotatable bonds is 7. The smallest absolute Gasteiger partial charge is 0.243 e. The number of nitrogens with zero attached hydrogens (tertiary/aromatic N) is 3. The fourth-order valence-electron chi connectivity index (χ4n) is 4.05. The number of fused-ring (bicyclic) bond motifs is 1. The quantitative estimate of drug-likeness (QED) is 0.558. The van der Waals surface area contributed by atoms with E-state index in [0.717, 1.165) is 5.56 Å². The minimum atomic E-state index is -3.70. The number of terminal acetylenes is 1. The van der Waals surface area contributed by atoms with Crippen molar-refractivity contribution in [3.05, 3.63) is 53.6 Å². The van der Waals surface area contributed by atoms with E-state index in [2.05, 4.69) is 5.92 Å². The molecule has 0 N–H and O–H groups in total. The number of aryl methyl sites for hydroxylation is 1. The number of sulfonamides is 1. The summed E-state index contributed by atoms with van der Waals surface area (Å²) < 4.78 is 38.7. The second-order valence-electron chi connectivity index (χ2n) is 8.43. The maximum atomic E-state index is 13.1. The van der Waals surface area contributed by atoms with E-state index in [1.165, 1.54) is 22.0 Å². The fraction of sp³-hybridized carbons (Fsp3) is 0.400. The molecule has 1 amide bonds. The third-order valence-corrected chi connectivity index (χ3v) is 7.84. The molecule has 4 rings (SSSR count). The van der Waals surface area contributed by atoms with E-state index in [0.29, 0.717) is 50.9 Å². The predicted octanol–water partition coefficient (Wildman–Crippen LogP) is 1.73. The second-order valence-corrected chi connectivity index (χ2v) is 10.4. The summed E-state index contributed by atoms with van der Waals surface area (Å²) in [5, 5.41) is 0. The molecule has 8 nitrogen and oxygen atoms in total. The van der Waals surface area contributed by atoms with Gasteiger partial charge in [0.1, 0.15) is 13.2 Å². The molecule has 2 aliphatic heterocycles. The van der Waals surface area contributed by atoms with Crippen LogP contribution in [0.4, 0.5) is 0 Å². The zero-order chi connectivity index (χ0) is 24.1. The minimum Gasteiger partial charge on any atom is -0.486 e. The van der Waals surface area contributed by atoms with Crippen LogP contribution in [0.15, 0.2) is 47.4 Å². The lowest BCUT2D eigenvalue weighted by molar-refractivity contribution is -0.133. The summed E-state index contributed by atoms with van der Waals surface area (Å²) in [6.45, 7) is 5.11. The first-order valence-electron chi connectivity index (χ1n) is 11.3. The number of carbonyl (C=O) groups excluding carboxylic acids is 1. The highest BCUT2D eigenvalue weighted by atomic mass is 32.2. The molecule has 2 aromatic carbocycles. The van der Waals surface area contributed by atoms with Gasteiger partial charge >= 0.3 is 0 Å². The summed E-state index contributed by atoms with van der Waals surface area (Å²) in [5.74, 6) is 3.54. The lowest BCUT2D eigenvalue weighted by Gasteiger charge is -2.35. The van der Waals surface area contributed by atoms with Crippen LogP contribution in [0.25, 0.3) is 0 Å². The summed E-state index contributed by atoms with van der Waals surface area (Å²) in [7, 11) is -3.70. The maximum Gasteiger partial charge on any atom is 0.243 e. The molecule has 9 heteroatoms. The Bertz CT molecular complexity index is 1170. The monoisotopic (exact) mass is 483 g/mol. The van der Waals surface area contributed by atoms with Gasteiger partial charge in [0, 0.05) is 38.8 Å². The summed E-state index contributed by atoms with van der Waals surface area (Å²) in [5.41, 5.74) is 2.26. The number of amides is 1. The van der Waals surface area contributed by atoms with E-state index in [9.17, 15) is 13.2 Å². The van der Waals surface area contributed by atoms with Gasteiger partial charge in [-0.05, 0) is 24.6 Å². The number of hydrogen-bond acceptors (Lipinski definition) is 6.